The van der Waals surface area contributed by atoms with Gasteiger partial charge in [0.2, 0.25) is 0 Å². The molecule has 0 atom stereocenters. The Hall–Kier alpha value is 2.66. The molecule has 0 aliphatic heterocycles. The normalized spacial score (nSPS) is 16.8. The van der Waals surface area contributed by atoms with Crippen molar-refractivity contribution in [3.8, 4) is 0 Å². The largest absolute Gasteiger partial charge is 0 e. The van der Waals surface area contributed by atoms with E-state index in [-0.39, 0.29) is 64.2 Å². The van der Waals surface area contributed by atoms with Crippen LogP contribution in [0.1, 0.15) is 0 Å². The van der Waals surface area contributed by atoms with Gasteiger partial charge in [0.1, 0.15) is 0 Å². The molecule has 254 valence electrons. The molecular weight excluding hydrogens is 1350 g/mol. The van der Waals surface area contributed by atoms with Gasteiger partial charge in [-0.1, -0.05) is 0 Å². The van der Waals surface area contributed by atoms with Gasteiger partial charge < -0.3 is 0 Å². The summed E-state index contributed by atoms with van der Waals surface area (Å²) in [7, 11) is 0. The molecule has 0 radical (unpaired) electrons. The third-order valence-electron chi connectivity index (χ3n) is 0. The Kier molecular flexibility index (Phi) is 30.6. The zero-order valence-electron chi connectivity index (χ0n) is 15.9. The van der Waals surface area contributed by atoms with E-state index in [9.17, 15) is 57.8 Å². The number of hydrogen-bond acceptors (Lipinski definition) is 4. The molecule has 0 heterocycles. The number of rotatable bonds is 0. The van der Waals surface area contributed by atoms with E-state index in [1.54, 1.807) is 0 Å². The van der Waals surface area contributed by atoms with Crippen LogP contribution >= 0.6 is 0 Å². The summed E-state index contributed by atoms with van der Waals surface area (Å²) in [5.74, 6) is 0. The van der Waals surface area contributed by atoms with Crippen LogP contribution in [0.4, 0.5) is 57.8 Å². The van der Waals surface area contributed by atoms with Crippen molar-refractivity contribution < 1.29 is 155 Å². The van der Waals surface area contributed by atoms with Gasteiger partial charge in [-0.3, -0.25) is 0 Å². The first kappa shape index (κ1) is 73.3. The summed E-state index contributed by atoms with van der Waals surface area (Å²) in [4.78, 5) is 0. The topological polar surface area (TPSA) is 161 Å². The minimum Gasteiger partial charge on any atom is 0 e. The predicted octanol–water partition coefficient (Wildman–Crippen LogP) is 4.50. The van der Waals surface area contributed by atoms with Crippen LogP contribution in [-0.4, -0.2) is 88.6 Å². The van der Waals surface area contributed by atoms with E-state index in [2.05, 4.69) is 26.6 Å². The fraction of sp³-hybridized carbons (Fsp3) is 0. The van der Waals surface area contributed by atoms with E-state index in [0.717, 1.165) is 0 Å². The molecule has 0 amide bonds. The van der Waals surface area contributed by atoms with Crippen molar-refractivity contribution in [3.63, 3.8) is 0 Å². The zero-order chi connectivity index (χ0) is 33.6. The second kappa shape index (κ2) is 16.3. The van der Waals surface area contributed by atoms with Crippen molar-refractivity contribution >= 4 is 74.8 Å². The van der Waals surface area contributed by atoms with E-state index >= 15 is 0 Å². The van der Waals surface area contributed by atoms with Crippen molar-refractivity contribution in [3.05, 3.63) is 26.6 Å². The smallest absolute Gasteiger partial charge is 0 e. The summed E-state index contributed by atoms with van der Waals surface area (Å²) in [5, 5.41) is 0. The Morgan fingerprint density at radius 2 is 0.282 bits per heavy atom. The first-order chi connectivity index (χ1) is 13.8. The van der Waals surface area contributed by atoms with Gasteiger partial charge in [-0.15, -0.1) is 0 Å². The van der Waals surface area contributed by atoms with Crippen LogP contribution in [0.25, 0.3) is 0 Å². The second-order valence-corrected chi connectivity index (χ2v) is 24.9. The van der Waals surface area contributed by atoms with Crippen LogP contribution in [0.15, 0.2) is 0 Å². The Labute approximate surface area is 252 Å². The Balaban J connectivity index is -0.0000000267. The predicted molar refractivity (Wildman–Crippen MR) is 69.8 cm³/mol. The quantitative estimate of drug-likeness (QED) is 0.122. The van der Waals surface area contributed by atoms with Gasteiger partial charge in [-0.05, 0) is 0 Å². The molecule has 0 bridgehead atoms. The molecule has 39 heavy (non-hydrogen) atoms. The van der Waals surface area contributed by atoms with Crippen molar-refractivity contribution in [2.45, 2.75) is 0 Å². The minimum atomic E-state index is -10.7. The molecule has 0 saturated heterocycles. The Morgan fingerprint density at radius 3 is 0.282 bits per heavy atom. The Morgan fingerprint density at radius 1 is 0.282 bits per heavy atom. The van der Waals surface area contributed by atoms with Gasteiger partial charge in [-0.2, -0.15) is 0 Å². The van der Waals surface area contributed by atoms with Crippen LogP contribution in [0, 0.1) is 26.6 Å². The maximum Gasteiger partial charge on any atom is 0 e. The summed E-state index contributed by atoms with van der Waals surface area (Å²) in [6.07, 6.45) is 0. The van der Waals surface area contributed by atoms with Crippen molar-refractivity contribution in [2.24, 2.45) is 0 Å². The summed E-state index contributed by atoms with van der Waals surface area (Å²) >= 11 is -42.7. The maximum absolute atomic E-state index is 10.7. The number of halogens is 20. The van der Waals surface area contributed by atoms with Crippen LogP contribution in [0.3, 0.4) is 0 Å². The molecule has 0 aromatic heterocycles. The first-order valence-electron chi connectivity index (χ1n) is 4.63. The van der Waals surface area contributed by atoms with Gasteiger partial charge in [0.05, 0.1) is 0 Å². The third kappa shape index (κ3) is 8580. The van der Waals surface area contributed by atoms with Gasteiger partial charge in [0.15, 0.2) is 0 Å². The van der Waals surface area contributed by atoms with E-state index in [4.69, 9.17) is 32.5 Å². The SMILES string of the molecule is O[Te](F)(F)(F)(F)F.O[Te](F)(F)(F)(F)F.O[Te](F)(F)(F)(F)F.O[Te](F)(F)(F)(F)F.[Ag+].[Ag+].[C-]#[O+].[C-]#[O+].[C-]#[O+].[C-]#[O+].[Zn]. The van der Waals surface area contributed by atoms with Gasteiger partial charge >= 0.3 is 236 Å². The van der Waals surface area contributed by atoms with E-state index in [1.807, 2.05) is 0 Å². The molecule has 8 nitrogen and oxygen atoms in total. The summed E-state index contributed by atoms with van der Waals surface area (Å²) < 4.78 is 258. The van der Waals surface area contributed by atoms with Gasteiger partial charge in [0, 0.05) is 19.5 Å². The maximum atomic E-state index is 10.1. The summed E-state index contributed by atoms with van der Waals surface area (Å²) in [5.41, 5.74) is 0. The molecule has 0 aliphatic rings. The second-order valence-electron chi connectivity index (χ2n) is 3.71. The van der Waals surface area contributed by atoms with E-state index < -0.39 is 74.8 Å². The van der Waals surface area contributed by atoms with Crippen molar-refractivity contribution in [1.29, 1.82) is 0 Å². The standard InChI is InChI=1S/4CO.2Ag.4F5HOTe.Zn/c4*1-2;;;4*1-7(2,3,4,5)6;/h;;;;;;4*6H;/q;;;;2*+1;;;;;. The summed E-state index contributed by atoms with van der Waals surface area (Å²) in [6.45, 7) is 18.0. The first-order valence-corrected chi connectivity index (χ1v) is 26.4. The van der Waals surface area contributed by atoms with Gasteiger partial charge in [-0.25, -0.2) is 0 Å². The van der Waals surface area contributed by atoms with Crippen LogP contribution in [0.2, 0.25) is 0 Å². The third-order valence-corrected chi connectivity index (χ3v) is 0. The average molecular weight is 1350 g/mol. The number of hydrogen-bond donors (Lipinski definition) is 4. The van der Waals surface area contributed by atoms with Crippen molar-refractivity contribution in [1.82, 2.24) is 0 Å². The fourth-order valence-corrected chi connectivity index (χ4v) is 0. The monoisotopic (exact) mass is 1360 g/mol. The summed E-state index contributed by atoms with van der Waals surface area (Å²) in [6, 6.07) is 0. The van der Waals surface area contributed by atoms with Crippen LogP contribution < -0.4 is 0 Å². The molecule has 0 aromatic rings. The minimum absolute atomic E-state index is 0. The van der Waals surface area contributed by atoms with Crippen LogP contribution in [-0.2, 0) is 82.8 Å². The van der Waals surface area contributed by atoms with E-state index in [0.29, 0.717) is 0 Å². The zero-order valence-corrected chi connectivity index (χ0v) is 31.2. The molecule has 4 N–H and O–H groups in total. The molecule has 0 unspecified atom stereocenters. The van der Waals surface area contributed by atoms with Gasteiger partial charge in [0.25, 0.3) is 0 Å². The van der Waals surface area contributed by atoms with E-state index in [1.165, 1.54) is 0 Å². The molecule has 35 heteroatoms. The molecular formula is C4H4Ag2F20O8Te4Zn+2. The molecule has 0 aromatic carbocycles. The van der Waals surface area contributed by atoms with Crippen LogP contribution in [0.5, 0.6) is 0 Å². The molecule has 0 aliphatic carbocycles. The molecule has 0 saturated carbocycles. The Bertz CT molecular complexity index is 569. The van der Waals surface area contributed by atoms with Crippen molar-refractivity contribution in [2.75, 3.05) is 0 Å². The fourth-order valence-electron chi connectivity index (χ4n) is 0. The molecule has 0 fully saturated rings. The molecule has 0 rings (SSSR count). The average Bonchev–Trinajstić information content (AvgIpc) is 2.33. The molecule has 0 spiro atoms.